The molecule has 136 valence electrons. The summed E-state index contributed by atoms with van der Waals surface area (Å²) in [6.07, 6.45) is 22.0. The van der Waals surface area contributed by atoms with Gasteiger partial charge < -0.3 is 0 Å². The molecule has 0 radical (unpaired) electrons. The number of aryl methyl sites for hydroxylation is 4. The minimum atomic E-state index is 1.16. The highest BCUT2D eigenvalue weighted by molar-refractivity contribution is 5.10. The van der Waals surface area contributed by atoms with Crippen molar-refractivity contribution in [3.05, 3.63) is 60.2 Å². The Balaban J connectivity index is 1.60. The van der Waals surface area contributed by atoms with Gasteiger partial charge in [0.1, 0.15) is 13.6 Å². The number of unbranched alkanes of at least 4 members (excludes halogenated alkanes) is 6. The summed E-state index contributed by atoms with van der Waals surface area (Å²) in [4.78, 5) is 0. The van der Waals surface area contributed by atoms with Crippen LogP contribution in [0.5, 0.6) is 0 Å². The zero-order chi connectivity index (χ0) is 17.7. The van der Waals surface area contributed by atoms with Gasteiger partial charge in [-0.2, -0.15) is 0 Å². The Bertz CT molecular complexity index is 572. The number of hydrogen-bond acceptors (Lipinski definition) is 0. The maximum atomic E-state index is 2.34. The van der Waals surface area contributed by atoms with Gasteiger partial charge in [0.15, 0.2) is 24.8 Å². The first-order valence-electron chi connectivity index (χ1n) is 10.2. The summed E-state index contributed by atoms with van der Waals surface area (Å²) < 4.78 is 4.43. The van der Waals surface area contributed by atoms with Crippen LogP contribution in [0.3, 0.4) is 0 Å². The zero-order valence-corrected chi connectivity index (χ0v) is 16.3. The second kappa shape index (κ2) is 11.8. The summed E-state index contributed by atoms with van der Waals surface area (Å²) in [5, 5.41) is 0. The van der Waals surface area contributed by atoms with E-state index in [0.717, 1.165) is 13.0 Å². The Kier molecular flexibility index (Phi) is 9.25. The topological polar surface area (TPSA) is 7.76 Å². The lowest BCUT2D eigenvalue weighted by molar-refractivity contribution is -0.697. The van der Waals surface area contributed by atoms with E-state index >= 15 is 0 Å². The summed E-state index contributed by atoms with van der Waals surface area (Å²) in [6, 6.07) is 9.04. The van der Waals surface area contributed by atoms with Gasteiger partial charge in [0.2, 0.25) is 0 Å². The molecule has 0 amide bonds. The maximum absolute atomic E-state index is 2.34. The monoisotopic (exact) mass is 340 g/mol. The Morgan fingerprint density at radius 1 is 0.640 bits per heavy atom. The molecule has 0 N–H and O–H groups in total. The molecule has 25 heavy (non-hydrogen) atoms. The Hall–Kier alpha value is -1.70. The molecule has 0 aliphatic heterocycles. The molecule has 0 atom stereocenters. The van der Waals surface area contributed by atoms with E-state index in [0.29, 0.717) is 0 Å². The third kappa shape index (κ3) is 8.29. The fraction of sp³-hybridized carbons (Fsp3) is 0.565. The fourth-order valence-corrected chi connectivity index (χ4v) is 3.25. The minimum absolute atomic E-state index is 1.16. The molecule has 0 aliphatic rings. The second-order valence-electron chi connectivity index (χ2n) is 7.29. The second-order valence-corrected chi connectivity index (χ2v) is 7.29. The summed E-state index contributed by atoms with van der Waals surface area (Å²) in [5.41, 5.74) is 2.89. The van der Waals surface area contributed by atoms with E-state index < -0.39 is 0 Å². The third-order valence-electron chi connectivity index (χ3n) is 4.96. The van der Waals surface area contributed by atoms with E-state index in [4.69, 9.17) is 0 Å². The van der Waals surface area contributed by atoms with Crippen LogP contribution in [0.4, 0.5) is 0 Å². The standard InChI is InChI=1S/C23H36N2/c1-3-4-5-6-7-8-9-17-25-20-15-23(16-21-25)12-10-11-22-13-18-24(2)19-14-22/h13-16,18-21H,3-12,17H2,1-2H3/q+2. The van der Waals surface area contributed by atoms with Crippen molar-refractivity contribution in [3.63, 3.8) is 0 Å². The zero-order valence-electron chi connectivity index (χ0n) is 16.3. The maximum Gasteiger partial charge on any atom is 0.169 e. The van der Waals surface area contributed by atoms with Crippen LogP contribution < -0.4 is 9.13 Å². The third-order valence-corrected chi connectivity index (χ3v) is 4.96. The SMILES string of the molecule is CCCCCCCCC[n+]1ccc(CCCc2cc[n+](C)cc2)cc1. The quantitative estimate of drug-likeness (QED) is 0.390. The van der Waals surface area contributed by atoms with Gasteiger partial charge in [-0.3, -0.25) is 0 Å². The molecule has 0 aliphatic carbocycles. The summed E-state index contributed by atoms with van der Waals surface area (Å²) in [5.74, 6) is 0. The molecule has 0 bridgehead atoms. The highest BCUT2D eigenvalue weighted by Gasteiger charge is 2.02. The minimum Gasteiger partial charge on any atom is -0.208 e. The summed E-state index contributed by atoms with van der Waals surface area (Å²) >= 11 is 0. The highest BCUT2D eigenvalue weighted by Crippen LogP contribution is 2.08. The Morgan fingerprint density at radius 2 is 1.16 bits per heavy atom. The first-order chi connectivity index (χ1) is 12.3. The van der Waals surface area contributed by atoms with Gasteiger partial charge in [0.25, 0.3) is 0 Å². The molecule has 0 spiro atoms. The number of rotatable bonds is 12. The van der Waals surface area contributed by atoms with E-state index in [1.54, 1.807) is 0 Å². The van der Waals surface area contributed by atoms with E-state index in [9.17, 15) is 0 Å². The Morgan fingerprint density at radius 3 is 1.76 bits per heavy atom. The van der Waals surface area contributed by atoms with Gasteiger partial charge in [-0.05, 0) is 36.8 Å². The normalized spacial score (nSPS) is 11.0. The predicted molar refractivity (Wildman–Crippen MR) is 104 cm³/mol. The van der Waals surface area contributed by atoms with Crippen LogP contribution >= 0.6 is 0 Å². The van der Waals surface area contributed by atoms with Crippen LogP contribution in [-0.2, 0) is 26.4 Å². The van der Waals surface area contributed by atoms with E-state index in [1.807, 2.05) is 0 Å². The average molecular weight is 341 g/mol. The number of hydrogen-bond donors (Lipinski definition) is 0. The molecule has 0 unspecified atom stereocenters. The van der Waals surface area contributed by atoms with Crippen molar-refractivity contribution in [1.29, 1.82) is 0 Å². The molecule has 2 heterocycles. The van der Waals surface area contributed by atoms with Gasteiger partial charge in [-0.25, -0.2) is 9.13 Å². The molecule has 0 saturated carbocycles. The summed E-state index contributed by atoms with van der Waals surface area (Å²) in [6.45, 7) is 3.44. The van der Waals surface area contributed by atoms with Gasteiger partial charge in [-0.1, -0.05) is 39.0 Å². The largest absolute Gasteiger partial charge is 0.208 e. The van der Waals surface area contributed by atoms with Gasteiger partial charge in [0.05, 0.1) is 0 Å². The van der Waals surface area contributed by atoms with Crippen LogP contribution in [0, 0.1) is 0 Å². The lowest BCUT2D eigenvalue weighted by atomic mass is 10.1. The summed E-state index contributed by atoms with van der Waals surface area (Å²) in [7, 11) is 2.06. The molecule has 0 saturated heterocycles. The number of pyridine rings is 2. The average Bonchev–Trinajstić information content (AvgIpc) is 2.64. The van der Waals surface area contributed by atoms with Crippen LogP contribution in [0.25, 0.3) is 0 Å². The van der Waals surface area contributed by atoms with Gasteiger partial charge in [0, 0.05) is 30.7 Å². The molecule has 2 nitrogen and oxygen atoms in total. The van der Waals surface area contributed by atoms with Crippen molar-refractivity contribution in [1.82, 2.24) is 0 Å². The molecule has 2 rings (SSSR count). The van der Waals surface area contributed by atoms with Gasteiger partial charge >= 0.3 is 0 Å². The highest BCUT2D eigenvalue weighted by atomic mass is 14.9. The smallest absolute Gasteiger partial charge is 0.169 e. The lowest BCUT2D eigenvalue weighted by Gasteiger charge is -2.02. The predicted octanol–water partition coefficient (Wildman–Crippen LogP) is 4.72. The lowest BCUT2D eigenvalue weighted by Crippen LogP contribution is -2.32. The van der Waals surface area contributed by atoms with Crippen LogP contribution in [0.2, 0.25) is 0 Å². The molecular weight excluding hydrogens is 304 g/mol. The molecular formula is C23H36N2+2. The van der Waals surface area contributed by atoms with Crippen molar-refractivity contribution in [3.8, 4) is 0 Å². The molecule has 2 aromatic rings. The molecule has 0 fully saturated rings. The van der Waals surface area contributed by atoms with E-state index in [2.05, 4.69) is 72.2 Å². The van der Waals surface area contributed by atoms with Crippen molar-refractivity contribution in [2.75, 3.05) is 0 Å². The molecule has 0 aromatic carbocycles. The van der Waals surface area contributed by atoms with Gasteiger partial charge in [-0.15, -0.1) is 0 Å². The van der Waals surface area contributed by atoms with E-state index in [1.165, 1.54) is 68.9 Å². The number of nitrogens with zero attached hydrogens (tertiary/aromatic N) is 2. The first kappa shape index (κ1) is 19.6. The Labute approximate surface area is 154 Å². The number of aromatic nitrogens is 2. The van der Waals surface area contributed by atoms with Crippen molar-refractivity contribution >= 4 is 0 Å². The van der Waals surface area contributed by atoms with Crippen molar-refractivity contribution in [2.45, 2.75) is 77.7 Å². The molecule has 2 aromatic heterocycles. The van der Waals surface area contributed by atoms with Crippen LogP contribution in [-0.4, -0.2) is 0 Å². The fourth-order valence-electron chi connectivity index (χ4n) is 3.25. The van der Waals surface area contributed by atoms with Crippen molar-refractivity contribution < 1.29 is 9.13 Å². The molecule has 2 heteroatoms. The van der Waals surface area contributed by atoms with Crippen LogP contribution in [0.15, 0.2) is 49.1 Å². The first-order valence-corrected chi connectivity index (χ1v) is 10.2. The van der Waals surface area contributed by atoms with E-state index in [-0.39, 0.29) is 0 Å². The van der Waals surface area contributed by atoms with Crippen LogP contribution in [0.1, 0.15) is 69.4 Å². The van der Waals surface area contributed by atoms with Crippen molar-refractivity contribution in [2.24, 2.45) is 7.05 Å².